The van der Waals surface area contributed by atoms with Crippen LogP contribution in [0.4, 0.5) is 0 Å². The molecular formula is C32H30BN3O2. The molecule has 5 aromatic rings. The topological polar surface area (TPSA) is 90.1 Å². The summed E-state index contributed by atoms with van der Waals surface area (Å²) in [5, 5.41) is 0. The zero-order valence-corrected chi connectivity index (χ0v) is 21.1. The van der Waals surface area contributed by atoms with Gasteiger partial charge in [0.15, 0.2) is 12.4 Å². The average Bonchev–Trinajstić information content (AvgIpc) is 2.96. The first-order valence-corrected chi connectivity index (χ1v) is 12.5. The molecule has 4 N–H and O–H groups in total. The number of aromatic nitrogens is 1. The molecule has 0 atom stereocenters. The van der Waals surface area contributed by atoms with Gasteiger partial charge >= 0.3 is 0 Å². The van der Waals surface area contributed by atoms with Crippen molar-refractivity contribution in [3.63, 3.8) is 0 Å². The summed E-state index contributed by atoms with van der Waals surface area (Å²) in [7, 11) is 0. The van der Waals surface area contributed by atoms with Crippen LogP contribution in [0.25, 0.3) is 0 Å². The van der Waals surface area contributed by atoms with E-state index in [1.165, 1.54) is 34.0 Å². The van der Waals surface area contributed by atoms with Crippen molar-refractivity contribution in [1.29, 1.82) is 0 Å². The quantitative estimate of drug-likeness (QED) is 0.263. The molecular weight excluding hydrogens is 469 g/mol. The zero-order valence-electron chi connectivity index (χ0n) is 21.1. The number of nitrogens with zero attached hydrogens (tertiary/aromatic N) is 1. The van der Waals surface area contributed by atoms with Crippen LogP contribution < -0.4 is 37.9 Å². The minimum atomic E-state index is -1.22. The van der Waals surface area contributed by atoms with E-state index < -0.39 is 18.0 Å². The monoisotopic (exact) mass is 499 g/mol. The minimum absolute atomic E-state index is 0.0963. The molecule has 1 aromatic heterocycles. The second-order valence-corrected chi connectivity index (χ2v) is 9.10. The van der Waals surface area contributed by atoms with Gasteiger partial charge in [-0.15, -0.1) is 0 Å². The number of primary amides is 2. The van der Waals surface area contributed by atoms with Crippen molar-refractivity contribution >= 4 is 39.8 Å². The lowest BCUT2D eigenvalue weighted by atomic mass is 9.13. The summed E-state index contributed by atoms with van der Waals surface area (Å²) in [6.45, 7) is 0.0963. The number of nitrogens with two attached hydrogens (primary N) is 2. The SMILES string of the molecule is NC(=O)C[n+]1ccc(C(N)=O)cc1.c1ccc([B-](c2ccccc2)(c2ccccc2)c2ccccc2)cc1. The van der Waals surface area contributed by atoms with Crippen LogP contribution in [0.1, 0.15) is 10.4 Å². The molecule has 0 bridgehead atoms. The molecule has 0 aliphatic carbocycles. The predicted molar refractivity (Wildman–Crippen MR) is 154 cm³/mol. The van der Waals surface area contributed by atoms with Gasteiger partial charge in [-0.05, 0) is 0 Å². The van der Waals surface area contributed by atoms with Gasteiger partial charge in [0.25, 0.3) is 5.91 Å². The lowest BCUT2D eigenvalue weighted by Crippen LogP contribution is -2.74. The molecule has 0 aliphatic rings. The molecule has 0 saturated heterocycles. The van der Waals surface area contributed by atoms with Crippen LogP contribution in [-0.2, 0) is 11.3 Å². The van der Waals surface area contributed by atoms with E-state index in [1.54, 1.807) is 17.0 Å². The molecule has 0 fully saturated rings. The van der Waals surface area contributed by atoms with Gasteiger partial charge < -0.3 is 11.5 Å². The highest BCUT2D eigenvalue weighted by Crippen LogP contribution is 2.09. The van der Waals surface area contributed by atoms with Gasteiger partial charge in [0.05, 0.1) is 5.56 Å². The minimum Gasteiger partial charge on any atom is -0.366 e. The number of hydrogen-bond acceptors (Lipinski definition) is 2. The van der Waals surface area contributed by atoms with E-state index in [0.717, 1.165) is 0 Å². The summed E-state index contributed by atoms with van der Waals surface area (Å²) in [4.78, 5) is 21.2. The lowest BCUT2D eigenvalue weighted by Gasteiger charge is -2.44. The Balaban J connectivity index is 0.000000219. The number of benzene rings is 4. The third-order valence-corrected chi connectivity index (χ3v) is 6.71. The molecule has 4 aromatic carbocycles. The van der Waals surface area contributed by atoms with Gasteiger partial charge in [0.1, 0.15) is 6.15 Å². The van der Waals surface area contributed by atoms with Crippen molar-refractivity contribution in [2.24, 2.45) is 11.5 Å². The van der Waals surface area contributed by atoms with E-state index >= 15 is 0 Å². The van der Waals surface area contributed by atoms with Crippen molar-refractivity contribution in [2.75, 3.05) is 0 Å². The smallest absolute Gasteiger partial charge is 0.283 e. The van der Waals surface area contributed by atoms with Gasteiger partial charge in [-0.3, -0.25) is 9.59 Å². The summed E-state index contributed by atoms with van der Waals surface area (Å²) in [5.41, 5.74) is 15.8. The average molecular weight is 499 g/mol. The van der Waals surface area contributed by atoms with Gasteiger partial charge in [0, 0.05) is 12.1 Å². The van der Waals surface area contributed by atoms with Crippen LogP contribution in [0.3, 0.4) is 0 Å². The maximum absolute atomic E-state index is 10.7. The van der Waals surface area contributed by atoms with E-state index in [-0.39, 0.29) is 6.54 Å². The number of carbonyl (C=O) groups is 2. The van der Waals surface area contributed by atoms with Crippen LogP contribution in [0.5, 0.6) is 0 Å². The van der Waals surface area contributed by atoms with Crippen molar-refractivity contribution in [3.8, 4) is 0 Å². The Labute approximate surface area is 223 Å². The Bertz CT molecular complexity index is 1300. The molecule has 0 spiro atoms. The number of amides is 2. The Morgan fingerprint density at radius 1 is 0.526 bits per heavy atom. The largest absolute Gasteiger partial charge is 0.366 e. The highest BCUT2D eigenvalue weighted by molar-refractivity contribution is 7.19. The molecule has 188 valence electrons. The number of hydrogen-bond donors (Lipinski definition) is 2. The summed E-state index contributed by atoms with van der Waals surface area (Å²) in [6, 6.07) is 46.6. The predicted octanol–water partition coefficient (Wildman–Crippen LogP) is 1.62. The normalized spacial score (nSPS) is 10.6. The Morgan fingerprint density at radius 3 is 1.11 bits per heavy atom. The van der Waals surface area contributed by atoms with Crippen LogP contribution in [0, 0.1) is 0 Å². The standard InChI is InChI=1S/C24H20B.C8H9N3O2/c1-5-13-21(14-6-1)25(22-15-7-2-8-16-22,23-17-9-3-10-18-23)24-19-11-4-12-20-24;9-7(12)5-11-3-1-6(2-4-11)8(10)13/h1-20H;1-4H,5H2,(H3-,9,10,12,13)/q-1;/p+1. The van der Waals surface area contributed by atoms with Crippen molar-refractivity contribution in [3.05, 3.63) is 151 Å². The van der Waals surface area contributed by atoms with Crippen LogP contribution in [0.15, 0.2) is 146 Å². The number of rotatable bonds is 7. The maximum Gasteiger partial charge on any atom is 0.283 e. The van der Waals surface area contributed by atoms with E-state index in [4.69, 9.17) is 11.5 Å². The van der Waals surface area contributed by atoms with Crippen molar-refractivity contribution in [2.45, 2.75) is 6.54 Å². The third kappa shape index (κ3) is 5.87. The second kappa shape index (κ2) is 12.3. The molecule has 0 unspecified atom stereocenters. The fourth-order valence-corrected chi connectivity index (χ4v) is 5.03. The molecule has 6 heteroatoms. The van der Waals surface area contributed by atoms with Gasteiger partial charge in [0.2, 0.25) is 12.5 Å². The first-order valence-electron chi connectivity index (χ1n) is 12.5. The van der Waals surface area contributed by atoms with Crippen LogP contribution in [-0.4, -0.2) is 18.0 Å². The van der Waals surface area contributed by atoms with Gasteiger partial charge in [-0.25, -0.2) is 0 Å². The van der Waals surface area contributed by atoms with Crippen LogP contribution in [0.2, 0.25) is 0 Å². The molecule has 0 saturated carbocycles. The van der Waals surface area contributed by atoms with Gasteiger partial charge in [-0.1, -0.05) is 121 Å². The summed E-state index contributed by atoms with van der Waals surface area (Å²) >= 11 is 0. The Kier molecular flexibility index (Phi) is 8.47. The molecule has 1 heterocycles. The number of pyridine rings is 1. The second-order valence-electron chi connectivity index (χ2n) is 9.10. The summed E-state index contributed by atoms with van der Waals surface area (Å²) < 4.78 is 1.56. The third-order valence-electron chi connectivity index (χ3n) is 6.71. The highest BCUT2D eigenvalue weighted by Gasteiger charge is 2.31. The molecule has 38 heavy (non-hydrogen) atoms. The van der Waals surface area contributed by atoms with Crippen molar-refractivity contribution < 1.29 is 14.2 Å². The zero-order chi connectivity index (χ0) is 26.8. The Hall–Kier alpha value is -4.97. The fraction of sp³-hybridized carbons (Fsp3) is 0.0312. The first kappa shape index (κ1) is 26.1. The maximum atomic E-state index is 10.7. The van der Waals surface area contributed by atoms with E-state index in [9.17, 15) is 9.59 Å². The summed E-state index contributed by atoms with van der Waals surface area (Å²) in [5.74, 6) is -0.928. The molecule has 2 amide bonds. The summed E-state index contributed by atoms with van der Waals surface area (Å²) in [6.07, 6.45) is 1.93. The fourth-order valence-electron chi connectivity index (χ4n) is 5.03. The van der Waals surface area contributed by atoms with E-state index in [2.05, 4.69) is 121 Å². The first-order chi connectivity index (χ1) is 18.5. The van der Waals surface area contributed by atoms with E-state index in [1.807, 2.05) is 0 Å². The van der Waals surface area contributed by atoms with Gasteiger partial charge in [-0.2, -0.15) is 26.4 Å². The highest BCUT2D eigenvalue weighted by atomic mass is 16.1. The van der Waals surface area contributed by atoms with Crippen LogP contribution >= 0.6 is 0 Å². The Morgan fingerprint density at radius 2 is 0.842 bits per heavy atom. The molecule has 5 rings (SSSR count). The lowest BCUT2D eigenvalue weighted by molar-refractivity contribution is -0.684. The number of carbonyl (C=O) groups excluding carboxylic acids is 2. The van der Waals surface area contributed by atoms with E-state index in [0.29, 0.717) is 5.56 Å². The molecule has 0 radical (unpaired) electrons. The molecule has 5 nitrogen and oxygen atoms in total. The molecule has 0 aliphatic heterocycles. The van der Waals surface area contributed by atoms with Crippen molar-refractivity contribution in [1.82, 2.24) is 0 Å².